The van der Waals surface area contributed by atoms with Gasteiger partial charge < -0.3 is 15.4 Å². The number of nitrogens with two attached hydrogens (primary N) is 1. The maximum absolute atomic E-state index is 12.3. The van der Waals surface area contributed by atoms with Crippen LogP contribution < -0.4 is 15.4 Å². The molecule has 1 amide bonds. The van der Waals surface area contributed by atoms with Crippen LogP contribution >= 0.6 is 0 Å². The molecule has 0 spiro atoms. The van der Waals surface area contributed by atoms with Crippen molar-refractivity contribution < 1.29 is 14.5 Å². The minimum atomic E-state index is -1.02. The van der Waals surface area contributed by atoms with Crippen molar-refractivity contribution in [3.8, 4) is 5.75 Å². The molecule has 0 atom stereocenters. The Bertz CT molecular complexity index is 578. The molecule has 1 aliphatic heterocycles. The van der Waals surface area contributed by atoms with Gasteiger partial charge in [0.2, 0.25) is 5.91 Å². The van der Waals surface area contributed by atoms with Crippen molar-refractivity contribution in [1.82, 2.24) is 0 Å². The number of nitro benzene ring substituents is 1. The molecule has 20 heavy (non-hydrogen) atoms. The number of nitrogens with zero attached hydrogens (tertiary/aromatic N) is 2. The minimum Gasteiger partial charge on any atom is -0.490 e. The highest BCUT2D eigenvalue weighted by molar-refractivity contribution is 6.01. The van der Waals surface area contributed by atoms with Crippen LogP contribution in [0.25, 0.3) is 0 Å². The van der Waals surface area contributed by atoms with Gasteiger partial charge in [-0.2, -0.15) is 0 Å². The Balaban J connectivity index is 2.49. The van der Waals surface area contributed by atoms with Gasteiger partial charge in [0.25, 0.3) is 0 Å². The van der Waals surface area contributed by atoms with Crippen molar-refractivity contribution in [2.24, 2.45) is 5.73 Å². The Labute approximate surface area is 116 Å². The third kappa shape index (κ3) is 2.32. The average molecular weight is 279 g/mol. The number of hydrogen-bond acceptors (Lipinski definition) is 5. The van der Waals surface area contributed by atoms with E-state index in [0.29, 0.717) is 18.7 Å². The maximum Gasteiger partial charge on any atom is 0.313 e. The molecule has 1 aliphatic rings. The molecule has 0 aliphatic carbocycles. The Morgan fingerprint density at radius 1 is 1.50 bits per heavy atom. The number of ether oxygens (including phenoxy) is 1. The number of amides is 1. The first kappa shape index (κ1) is 14.3. The summed E-state index contributed by atoms with van der Waals surface area (Å²) in [5.74, 6) is -0.0502. The first-order valence-corrected chi connectivity index (χ1v) is 6.22. The Morgan fingerprint density at radius 3 is 2.65 bits per heavy atom. The van der Waals surface area contributed by atoms with Gasteiger partial charge in [-0.25, -0.2) is 0 Å². The van der Waals surface area contributed by atoms with E-state index in [1.807, 2.05) is 0 Å². The zero-order valence-electron chi connectivity index (χ0n) is 11.7. The predicted molar refractivity (Wildman–Crippen MR) is 74.0 cm³/mol. The normalized spacial score (nSPS) is 14.1. The van der Waals surface area contributed by atoms with Crippen molar-refractivity contribution in [1.29, 1.82) is 0 Å². The highest BCUT2D eigenvalue weighted by Gasteiger charge is 2.35. The second-order valence-electron chi connectivity index (χ2n) is 5.34. The molecule has 0 fully saturated rings. The lowest BCUT2D eigenvalue weighted by atomic mass is 10.1. The predicted octanol–water partition coefficient (Wildman–Crippen LogP) is 1.23. The first-order chi connectivity index (χ1) is 9.25. The van der Waals surface area contributed by atoms with Gasteiger partial charge in [0.15, 0.2) is 5.75 Å². The number of rotatable bonds is 3. The van der Waals surface area contributed by atoms with Crippen molar-refractivity contribution >= 4 is 17.3 Å². The summed E-state index contributed by atoms with van der Waals surface area (Å²) >= 11 is 0. The van der Waals surface area contributed by atoms with Crippen LogP contribution in [0.2, 0.25) is 0 Å². The van der Waals surface area contributed by atoms with E-state index < -0.39 is 10.5 Å². The van der Waals surface area contributed by atoms with Gasteiger partial charge in [0.05, 0.1) is 23.3 Å². The van der Waals surface area contributed by atoms with Gasteiger partial charge in [-0.3, -0.25) is 14.9 Å². The molecule has 0 saturated carbocycles. The zero-order chi connectivity index (χ0) is 15.1. The van der Waals surface area contributed by atoms with E-state index in [-0.39, 0.29) is 17.3 Å². The summed E-state index contributed by atoms with van der Waals surface area (Å²) in [4.78, 5) is 24.3. The molecule has 108 valence electrons. The molecular weight excluding hydrogens is 262 g/mol. The number of anilines is 1. The third-order valence-electron chi connectivity index (χ3n) is 3.27. The van der Waals surface area contributed by atoms with Gasteiger partial charge in [-0.05, 0) is 31.9 Å². The van der Waals surface area contributed by atoms with Crippen LogP contribution in [0.1, 0.15) is 19.4 Å². The zero-order valence-corrected chi connectivity index (χ0v) is 11.7. The SMILES string of the molecule is COc1cc2c(cc1[N+](=O)[O-])N(C(=O)C(C)(C)N)CC2. The minimum absolute atomic E-state index is 0.152. The van der Waals surface area contributed by atoms with Crippen LogP contribution in [0.5, 0.6) is 5.75 Å². The lowest BCUT2D eigenvalue weighted by Crippen LogP contribution is -2.50. The van der Waals surface area contributed by atoms with Crippen molar-refractivity contribution in [3.05, 3.63) is 27.8 Å². The van der Waals surface area contributed by atoms with Crippen molar-refractivity contribution in [3.63, 3.8) is 0 Å². The van der Waals surface area contributed by atoms with Crippen molar-refractivity contribution in [2.75, 3.05) is 18.6 Å². The van der Waals surface area contributed by atoms with Crippen LogP contribution in [-0.4, -0.2) is 30.0 Å². The largest absolute Gasteiger partial charge is 0.490 e. The highest BCUT2D eigenvalue weighted by atomic mass is 16.6. The summed E-state index contributed by atoms with van der Waals surface area (Å²) in [6, 6.07) is 3.00. The van der Waals surface area contributed by atoms with E-state index in [4.69, 9.17) is 10.5 Å². The van der Waals surface area contributed by atoms with Gasteiger partial charge in [-0.1, -0.05) is 0 Å². The van der Waals surface area contributed by atoms with E-state index in [9.17, 15) is 14.9 Å². The molecule has 1 aromatic rings. The second kappa shape index (κ2) is 4.75. The first-order valence-electron chi connectivity index (χ1n) is 6.22. The molecule has 1 aromatic carbocycles. The smallest absolute Gasteiger partial charge is 0.313 e. The Morgan fingerprint density at radius 2 is 2.15 bits per heavy atom. The number of carbonyl (C=O) groups excluding carboxylic acids is 1. The second-order valence-corrected chi connectivity index (χ2v) is 5.34. The summed E-state index contributed by atoms with van der Waals surface area (Å²) in [6.07, 6.45) is 0.630. The van der Waals surface area contributed by atoms with E-state index in [0.717, 1.165) is 5.56 Å². The number of hydrogen-bond donors (Lipinski definition) is 1. The number of carbonyl (C=O) groups is 1. The molecule has 2 rings (SSSR count). The summed E-state index contributed by atoms with van der Waals surface area (Å²) < 4.78 is 5.03. The molecule has 2 N–H and O–H groups in total. The van der Waals surface area contributed by atoms with E-state index in [1.165, 1.54) is 18.1 Å². The average Bonchev–Trinajstić information content (AvgIpc) is 2.77. The lowest BCUT2D eigenvalue weighted by Gasteiger charge is -2.26. The topological polar surface area (TPSA) is 98.7 Å². The number of nitro groups is 1. The fraction of sp³-hybridized carbons (Fsp3) is 0.462. The molecular formula is C13H17N3O4. The summed E-state index contributed by atoms with van der Waals surface area (Å²) in [7, 11) is 1.38. The molecule has 0 bridgehead atoms. The Kier molecular flexibility index (Phi) is 3.39. The molecule has 7 nitrogen and oxygen atoms in total. The van der Waals surface area contributed by atoms with Gasteiger partial charge in [0, 0.05) is 12.6 Å². The van der Waals surface area contributed by atoms with Crippen LogP contribution in [0.4, 0.5) is 11.4 Å². The molecule has 1 heterocycles. The molecule has 0 aromatic heterocycles. The lowest BCUT2D eigenvalue weighted by molar-refractivity contribution is -0.385. The Hall–Kier alpha value is -2.15. The summed E-state index contributed by atoms with van der Waals surface area (Å²) in [5, 5.41) is 11.1. The summed E-state index contributed by atoms with van der Waals surface area (Å²) in [6.45, 7) is 3.70. The van der Waals surface area contributed by atoms with Crippen LogP contribution in [-0.2, 0) is 11.2 Å². The molecule has 0 saturated heterocycles. The fourth-order valence-corrected chi connectivity index (χ4v) is 2.27. The van der Waals surface area contributed by atoms with Gasteiger partial charge in [-0.15, -0.1) is 0 Å². The van der Waals surface area contributed by atoms with Crippen molar-refractivity contribution in [2.45, 2.75) is 25.8 Å². The number of fused-ring (bicyclic) bond motifs is 1. The van der Waals surface area contributed by atoms with Crippen LogP contribution in [0, 0.1) is 10.1 Å². The van der Waals surface area contributed by atoms with Crippen LogP contribution in [0.3, 0.4) is 0 Å². The number of methoxy groups -OCH3 is 1. The van der Waals surface area contributed by atoms with Gasteiger partial charge >= 0.3 is 5.69 Å². The van der Waals surface area contributed by atoms with Crippen LogP contribution in [0.15, 0.2) is 12.1 Å². The maximum atomic E-state index is 12.3. The fourth-order valence-electron chi connectivity index (χ4n) is 2.27. The molecule has 0 radical (unpaired) electrons. The summed E-state index contributed by atoms with van der Waals surface area (Å²) in [5.41, 5.74) is 6.05. The monoisotopic (exact) mass is 279 g/mol. The third-order valence-corrected chi connectivity index (χ3v) is 3.27. The highest BCUT2D eigenvalue weighted by Crippen LogP contribution is 2.38. The van der Waals surface area contributed by atoms with Gasteiger partial charge in [0.1, 0.15) is 0 Å². The molecule has 7 heteroatoms. The molecule has 0 unspecified atom stereocenters. The van der Waals surface area contributed by atoms with E-state index in [2.05, 4.69) is 0 Å². The number of benzene rings is 1. The van der Waals surface area contributed by atoms with E-state index in [1.54, 1.807) is 19.9 Å². The standard InChI is InChI=1S/C13H17N3O4/c1-13(2,14)12(17)15-5-4-8-6-11(20-3)10(16(18)19)7-9(8)15/h6-7H,4-5,14H2,1-3H3. The quantitative estimate of drug-likeness (QED) is 0.662. The van der Waals surface area contributed by atoms with E-state index >= 15 is 0 Å².